The first-order valence-corrected chi connectivity index (χ1v) is 8.87. The van der Waals surface area contributed by atoms with Crippen molar-refractivity contribution in [3.63, 3.8) is 0 Å². The Morgan fingerprint density at radius 1 is 1.29 bits per heavy atom. The van der Waals surface area contributed by atoms with Crippen LogP contribution in [-0.4, -0.2) is 37.4 Å². The fourth-order valence-corrected chi connectivity index (χ4v) is 3.77. The van der Waals surface area contributed by atoms with E-state index >= 15 is 0 Å². The molecule has 1 aromatic heterocycles. The third-order valence-corrected chi connectivity index (χ3v) is 5.62. The van der Waals surface area contributed by atoms with Crippen molar-refractivity contribution in [3.8, 4) is 0 Å². The number of rotatable bonds is 6. The first-order chi connectivity index (χ1) is 11.2. The van der Waals surface area contributed by atoms with Crippen molar-refractivity contribution >= 4 is 15.9 Å². The summed E-state index contributed by atoms with van der Waals surface area (Å²) in [4.78, 5) is 12.1. The second kappa shape index (κ2) is 7.14. The van der Waals surface area contributed by atoms with Gasteiger partial charge in [-0.05, 0) is 26.3 Å². The minimum absolute atomic E-state index is 0.0106. The smallest absolute Gasteiger partial charge is 0.248 e. The van der Waals surface area contributed by atoms with E-state index in [1.807, 2.05) is 31.2 Å². The molecule has 0 aliphatic heterocycles. The maximum Gasteiger partial charge on any atom is 0.248 e. The van der Waals surface area contributed by atoms with Crippen LogP contribution in [-0.2, 0) is 21.4 Å². The van der Waals surface area contributed by atoms with Gasteiger partial charge in [-0.15, -0.1) is 0 Å². The summed E-state index contributed by atoms with van der Waals surface area (Å²) in [7, 11) is -2.47. The summed E-state index contributed by atoms with van der Waals surface area (Å²) < 4.78 is 31.0. The summed E-state index contributed by atoms with van der Waals surface area (Å²) in [5, 5.41) is 6.37. The van der Waals surface area contributed by atoms with Gasteiger partial charge in [0.1, 0.15) is 10.6 Å². The molecule has 1 aromatic carbocycles. The monoisotopic (exact) mass is 351 g/mol. The first kappa shape index (κ1) is 18.2. The van der Waals surface area contributed by atoms with Gasteiger partial charge in [-0.3, -0.25) is 4.79 Å². The molecule has 0 radical (unpaired) electrons. The second-order valence-electron chi connectivity index (χ2n) is 5.68. The van der Waals surface area contributed by atoms with E-state index in [2.05, 4.69) is 10.5 Å². The lowest BCUT2D eigenvalue weighted by Crippen LogP contribution is -2.38. The van der Waals surface area contributed by atoms with Gasteiger partial charge >= 0.3 is 0 Å². The number of likely N-dealkylation sites (N-methyl/N-ethyl adjacent to an activating group) is 1. The van der Waals surface area contributed by atoms with Crippen LogP contribution >= 0.6 is 0 Å². The Bertz CT molecular complexity index is 823. The Morgan fingerprint density at radius 3 is 2.58 bits per heavy atom. The van der Waals surface area contributed by atoms with Crippen molar-refractivity contribution in [2.24, 2.45) is 0 Å². The number of hydrogen-bond acceptors (Lipinski definition) is 5. The van der Waals surface area contributed by atoms with Crippen LogP contribution in [0.1, 0.15) is 22.6 Å². The predicted molar refractivity (Wildman–Crippen MR) is 88.8 cm³/mol. The average molecular weight is 351 g/mol. The molecule has 8 heteroatoms. The summed E-state index contributed by atoms with van der Waals surface area (Å²) in [5.41, 5.74) is 2.33. The van der Waals surface area contributed by atoms with E-state index in [9.17, 15) is 13.2 Å². The van der Waals surface area contributed by atoms with Crippen LogP contribution in [0.5, 0.6) is 0 Å². The van der Waals surface area contributed by atoms with E-state index in [1.165, 1.54) is 14.0 Å². The minimum Gasteiger partial charge on any atom is -0.360 e. The van der Waals surface area contributed by atoms with E-state index in [-0.39, 0.29) is 28.8 Å². The lowest BCUT2D eigenvalue weighted by Gasteiger charge is -2.16. The maximum atomic E-state index is 12.5. The molecule has 0 fully saturated rings. The molecule has 1 heterocycles. The fraction of sp³-hybridized carbons (Fsp3) is 0.375. The molecule has 1 amide bonds. The molecule has 130 valence electrons. The minimum atomic E-state index is -3.83. The summed E-state index contributed by atoms with van der Waals surface area (Å²) in [6.45, 7) is 5.11. The quantitative estimate of drug-likeness (QED) is 0.852. The molecule has 0 unspecified atom stereocenters. The number of benzene rings is 1. The second-order valence-corrected chi connectivity index (χ2v) is 7.66. The van der Waals surface area contributed by atoms with Crippen molar-refractivity contribution in [2.45, 2.75) is 32.2 Å². The third-order valence-electron chi connectivity index (χ3n) is 3.57. The Hall–Kier alpha value is -2.19. The average Bonchev–Trinajstić information content (AvgIpc) is 2.84. The summed E-state index contributed by atoms with van der Waals surface area (Å²) in [6, 6.07) is 7.74. The van der Waals surface area contributed by atoms with Gasteiger partial charge in [0.05, 0.1) is 6.54 Å². The zero-order valence-electron chi connectivity index (χ0n) is 14.2. The lowest BCUT2D eigenvalue weighted by molar-refractivity contribution is -0.121. The summed E-state index contributed by atoms with van der Waals surface area (Å²) in [6.07, 6.45) is 0. The number of carbonyl (C=O) groups excluding carboxylic acids is 1. The third kappa shape index (κ3) is 4.01. The molecule has 0 saturated carbocycles. The van der Waals surface area contributed by atoms with Gasteiger partial charge in [-0.1, -0.05) is 35.0 Å². The number of nitrogens with zero attached hydrogens (tertiary/aromatic N) is 2. The van der Waals surface area contributed by atoms with Crippen LogP contribution in [0.2, 0.25) is 0 Å². The lowest BCUT2D eigenvalue weighted by atomic mass is 10.1. The topological polar surface area (TPSA) is 92.5 Å². The van der Waals surface area contributed by atoms with Crippen LogP contribution in [0.3, 0.4) is 0 Å². The zero-order valence-corrected chi connectivity index (χ0v) is 15.0. The highest BCUT2D eigenvalue weighted by atomic mass is 32.2. The maximum absolute atomic E-state index is 12.5. The van der Waals surface area contributed by atoms with Gasteiger partial charge in [-0.25, -0.2) is 8.42 Å². The number of hydrogen-bond donors (Lipinski definition) is 1. The van der Waals surface area contributed by atoms with Gasteiger partial charge in [0.2, 0.25) is 15.9 Å². The summed E-state index contributed by atoms with van der Waals surface area (Å²) >= 11 is 0. The van der Waals surface area contributed by atoms with E-state index in [1.54, 1.807) is 6.92 Å². The molecular weight excluding hydrogens is 330 g/mol. The molecule has 0 bridgehead atoms. The number of nitrogens with one attached hydrogen (secondary N) is 1. The summed E-state index contributed by atoms with van der Waals surface area (Å²) in [5.74, 6) is -0.172. The van der Waals surface area contributed by atoms with E-state index in [4.69, 9.17) is 4.52 Å². The van der Waals surface area contributed by atoms with E-state index < -0.39 is 10.0 Å². The van der Waals surface area contributed by atoms with Gasteiger partial charge in [0.25, 0.3) is 0 Å². The highest BCUT2D eigenvalue weighted by Gasteiger charge is 2.29. The molecule has 0 spiro atoms. The fourth-order valence-electron chi connectivity index (χ4n) is 2.36. The molecule has 2 aromatic rings. The Labute approximate surface area is 141 Å². The highest BCUT2D eigenvalue weighted by molar-refractivity contribution is 7.89. The van der Waals surface area contributed by atoms with Crippen LogP contribution < -0.4 is 5.32 Å². The number of aromatic nitrogens is 1. The molecular formula is C16H21N3O4S. The van der Waals surface area contributed by atoms with Crippen molar-refractivity contribution in [3.05, 3.63) is 46.8 Å². The highest BCUT2D eigenvalue weighted by Crippen LogP contribution is 2.22. The van der Waals surface area contributed by atoms with Crippen molar-refractivity contribution in [2.75, 3.05) is 13.6 Å². The number of amides is 1. The van der Waals surface area contributed by atoms with Crippen molar-refractivity contribution in [1.29, 1.82) is 0 Å². The Morgan fingerprint density at radius 2 is 2.00 bits per heavy atom. The Kier molecular flexibility index (Phi) is 5.40. The number of aryl methyl sites for hydroxylation is 3. The zero-order chi connectivity index (χ0) is 17.9. The molecule has 24 heavy (non-hydrogen) atoms. The molecule has 0 saturated heterocycles. The standard InChI is InChI=1S/C16H21N3O4S/c1-11-6-5-7-14(8-11)9-17-15(20)10-19(4)24(21,22)16-12(2)18-23-13(16)3/h5-8H,9-10H2,1-4H3,(H,17,20). The predicted octanol–water partition coefficient (Wildman–Crippen LogP) is 1.54. The van der Waals surface area contributed by atoms with Gasteiger partial charge < -0.3 is 9.84 Å². The number of sulfonamides is 1. The molecule has 7 nitrogen and oxygen atoms in total. The van der Waals surface area contributed by atoms with E-state index in [0.29, 0.717) is 6.54 Å². The van der Waals surface area contributed by atoms with Gasteiger partial charge in [0, 0.05) is 13.6 Å². The van der Waals surface area contributed by atoms with Crippen LogP contribution in [0.25, 0.3) is 0 Å². The molecule has 0 atom stereocenters. The molecule has 0 aliphatic carbocycles. The molecule has 1 N–H and O–H groups in total. The normalized spacial score (nSPS) is 11.7. The first-order valence-electron chi connectivity index (χ1n) is 7.43. The Balaban J connectivity index is 2.01. The van der Waals surface area contributed by atoms with Crippen LogP contribution in [0.15, 0.2) is 33.7 Å². The van der Waals surface area contributed by atoms with Crippen LogP contribution in [0.4, 0.5) is 0 Å². The SMILES string of the molecule is Cc1cccc(CNC(=O)CN(C)S(=O)(=O)c2c(C)noc2C)c1. The molecule has 0 aliphatic rings. The number of carbonyl (C=O) groups is 1. The van der Waals surface area contributed by atoms with Crippen molar-refractivity contribution < 1.29 is 17.7 Å². The largest absolute Gasteiger partial charge is 0.360 e. The van der Waals surface area contributed by atoms with Crippen molar-refractivity contribution in [1.82, 2.24) is 14.8 Å². The van der Waals surface area contributed by atoms with Gasteiger partial charge in [-0.2, -0.15) is 4.31 Å². The molecule has 2 rings (SSSR count). The van der Waals surface area contributed by atoms with E-state index in [0.717, 1.165) is 15.4 Å². The van der Waals surface area contributed by atoms with Crippen LogP contribution in [0, 0.1) is 20.8 Å². The van der Waals surface area contributed by atoms with Gasteiger partial charge in [0.15, 0.2) is 5.76 Å².